The Kier molecular flexibility index (Phi) is 5.53. The van der Waals surface area contributed by atoms with Gasteiger partial charge in [-0.2, -0.15) is 0 Å². The zero-order valence-electron chi connectivity index (χ0n) is 15.1. The fourth-order valence-electron chi connectivity index (χ4n) is 3.71. The van der Waals surface area contributed by atoms with Gasteiger partial charge in [0.15, 0.2) is 0 Å². The summed E-state index contributed by atoms with van der Waals surface area (Å²) >= 11 is 0. The first kappa shape index (κ1) is 19.0. The number of imide groups is 1. The lowest BCUT2D eigenvalue weighted by Crippen LogP contribution is -2.44. The van der Waals surface area contributed by atoms with Crippen molar-refractivity contribution in [3.05, 3.63) is 30.1 Å². The number of amides is 4. The molecule has 7 nitrogen and oxygen atoms in total. The number of nitrogens with one attached hydrogen (secondary N) is 1. The van der Waals surface area contributed by atoms with Gasteiger partial charge in [-0.25, -0.2) is 4.39 Å². The minimum absolute atomic E-state index is 0.265. The van der Waals surface area contributed by atoms with Gasteiger partial charge >= 0.3 is 0 Å². The van der Waals surface area contributed by atoms with Gasteiger partial charge in [-0.15, -0.1) is 0 Å². The second-order valence-corrected chi connectivity index (χ2v) is 7.07. The maximum Gasteiger partial charge on any atom is 0.243 e. The molecule has 1 aliphatic heterocycles. The van der Waals surface area contributed by atoms with E-state index in [1.807, 2.05) is 0 Å². The van der Waals surface area contributed by atoms with E-state index in [0.717, 1.165) is 22.6 Å². The largest absolute Gasteiger partial charge is 0.335 e. The van der Waals surface area contributed by atoms with Crippen molar-refractivity contribution in [1.82, 2.24) is 9.80 Å². The van der Waals surface area contributed by atoms with Gasteiger partial charge in [-0.1, -0.05) is 18.9 Å². The first-order chi connectivity index (χ1) is 12.9. The van der Waals surface area contributed by atoms with Crippen molar-refractivity contribution in [2.45, 2.75) is 25.7 Å². The van der Waals surface area contributed by atoms with Crippen LogP contribution in [-0.4, -0.2) is 53.6 Å². The summed E-state index contributed by atoms with van der Waals surface area (Å²) in [7, 11) is 1.42. The third-order valence-electron chi connectivity index (χ3n) is 5.14. The molecule has 1 aliphatic carbocycles. The van der Waals surface area contributed by atoms with Crippen LogP contribution in [0.2, 0.25) is 0 Å². The molecule has 27 heavy (non-hydrogen) atoms. The Balaban J connectivity index is 1.55. The normalized spacial score (nSPS) is 21.8. The van der Waals surface area contributed by atoms with Crippen LogP contribution in [-0.2, 0) is 19.2 Å². The number of halogens is 1. The Morgan fingerprint density at radius 1 is 1.19 bits per heavy atom. The molecule has 2 fully saturated rings. The highest BCUT2D eigenvalue weighted by molar-refractivity contribution is 6.07. The first-order valence-corrected chi connectivity index (χ1v) is 9.01. The van der Waals surface area contributed by atoms with Crippen LogP contribution in [0.5, 0.6) is 0 Å². The molecule has 0 radical (unpaired) electrons. The van der Waals surface area contributed by atoms with Crippen LogP contribution in [0.4, 0.5) is 10.1 Å². The van der Waals surface area contributed by atoms with Crippen LogP contribution in [0.1, 0.15) is 25.7 Å². The number of nitrogens with zero attached hydrogens (tertiary/aromatic N) is 2. The first-order valence-electron chi connectivity index (χ1n) is 9.01. The number of carbonyl (C=O) groups is 4. The van der Waals surface area contributed by atoms with Gasteiger partial charge in [0.05, 0.1) is 18.4 Å². The Morgan fingerprint density at radius 2 is 1.81 bits per heavy atom. The number of carbonyl (C=O) groups excluding carboxylic acids is 4. The summed E-state index contributed by atoms with van der Waals surface area (Å²) in [4.78, 5) is 51.4. The zero-order valence-corrected chi connectivity index (χ0v) is 15.1. The van der Waals surface area contributed by atoms with E-state index in [0.29, 0.717) is 12.8 Å². The fourth-order valence-corrected chi connectivity index (χ4v) is 3.71. The van der Waals surface area contributed by atoms with Gasteiger partial charge in [0, 0.05) is 12.7 Å². The molecule has 1 N–H and O–H groups in total. The Labute approximate surface area is 156 Å². The van der Waals surface area contributed by atoms with E-state index < -0.39 is 17.6 Å². The summed E-state index contributed by atoms with van der Waals surface area (Å²) in [6.07, 6.45) is 3.21. The molecule has 1 saturated carbocycles. The third kappa shape index (κ3) is 4.15. The van der Waals surface area contributed by atoms with Crippen LogP contribution >= 0.6 is 0 Å². The van der Waals surface area contributed by atoms with Crippen molar-refractivity contribution in [2.24, 2.45) is 11.8 Å². The van der Waals surface area contributed by atoms with E-state index in [2.05, 4.69) is 5.32 Å². The molecule has 0 spiro atoms. The molecule has 144 valence electrons. The van der Waals surface area contributed by atoms with Gasteiger partial charge in [-0.3, -0.25) is 24.1 Å². The van der Waals surface area contributed by atoms with E-state index in [9.17, 15) is 23.6 Å². The molecule has 3 rings (SSSR count). The number of likely N-dealkylation sites (N-methyl/N-ethyl adjacent to an activating group) is 1. The second-order valence-electron chi connectivity index (χ2n) is 7.07. The number of benzene rings is 1. The minimum atomic E-state index is -0.496. The van der Waals surface area contributed by atoms with Gasteiger partial charge in [0.1, 0.15) is 12.4 Å². The number of fused-ring (bicyclic) bond motifs is 1. The van der Waals surface area contributed by atoms with Gasteiger partial charge in [0.2, 0.25) is 23.6 Å². The molecular formula is C19H22FN3O4. The molecule has 1 saturated heterocycles. The van der Waals surface area contributed by atoms with Gasteiger partial charge in [0.25, 0.3) is 0 Å². The van der Waals surface area contributed by atoms with Crippen LogP contribution in [0.15, 0.2) is 24.3 Å². The number of hydrogen-bond acceptors (Lipinski definition) is 4. The molecule has 1 aromatic rings. The average Bonchev–Trinajstić information content (AvgIpc) is 2.87. The lowest BCUT2D eigenvalue weighted by molar-refractivity contribution is -0.146. The smallest absolute Gasteiger partial charge is 0.243 e. The Morgan fingerprint density at radius 3 is 2.41 bits per heavy atom. The predicted molar refractivity (Wildman–Crippen MR) is 94.8 cm³/mol. The predicted octanol–water partition coefficient (Wildman–Crippen LogP) is 1.40. The molecule has 0 bridgehead atoms. The number of anilines is 1. The van der Waals surface area contributed by atoms with E-state index in [-0.39, 0.29) is 42.4 Å². The van der Waals surface area contributed by atoms with E-state index in [1.54, 1.807) is 0 Å². The van der Waals surface area contributed by atoms with Crippen molar-refractivity contribution < 1.29 is 23.6 Å². The molecule has 2 aliphatic rings. The van der Waals surface area contributed by atoms with Crippen molar-refractivity contribution >= 4 is 29.3 Å². The van der Waals surface area contributed by atoms with Crippen molar-refractivity contribution in [2.75, 3.05) is 25.5 Å². The van der Waals surface area contributed by atoms with E-state index in [4.69, 9.17) is 0 Å². The SMILES string of the molecule is CN(CC(=O)Nc1cccc(F)c1)C(=O)CN1C(=O)[C@H]2CCCC[C@@H]2C1=O. The van der Waals surface area contributed by atoms with Gasteiger partial charge < -0.3 is 10.2 Å². The maximum atomic E-state index is 13.1. The highest BCUT2D eigenvalue weighted by Gasteiger charge is 2.48. The van der Waals surface area contributed by atoms with E-state index in [1.165, 1.54) is 31.3 Å². The van der Waals surface area contributed by atoms with E-state index >= 15 is 0 Å². The monoisotopic (exact) mass is 375 g/mol. The van der Waals surface area contributed by atoms with Crippen molar-refractivity contribution in [1.29, 1.82) is 0 Å². The van der Waals surface area contributed by atoms with Gasteiger partial charge in [-0.05, 0) is 31.0 Å². The minimum Gasteiger partial charge on any atom is -0.335 e. The van der Waals surface area contributed by atoms with Crippen molar-refractivity contribution in [3.8, 4) is 0 Å². The highest BCUT2D eigenvalue weighted by atomic mass is 19.1. The number of hydrogen-bond donors (Lipinski definition) is 1. The summed E-state index contributed by atoms with van der Waals surface area (Å²) in [5, 5.41) is 2.50. The maximum absolute atomic E-state index is 13.1. The highest BCUT2D eigenvalue weighted by Crippen LogP contribution is 2.37. The second kappa shape index (κ2) is 7.85. The molecule has 4 amide bonds. The quantitative estimate of drug-likeness (QED) is 0.788. The summed E-state index contributed by atoms with van der Waals surface area (Å²) in [5.74, 6) is -2.65. The standard InChI is InChI=1S/C19H22FN3O4/c1-22(10-16(24)21-13-6-4-5-12(20)9-13)17(25)11-23-18(26)14-7-2-3-8-15(14)19(23)27/h4-6,9,14-15H,2-3,7-8,10-11H2,1H3,(H,21,24)/t14-,15-/m0/s1. The number of rotatable bonds is 5. The zero-order chi connectivity index (χ0) is 19.6. The molecule has 1 aromatic carbocycles. The lowest BCUT2D eigenvalue weighted by Gasteiger charge is -2.20. The number of likely N-dealkylation sites (tertiary alicyclic amines) is 1. The molecule has 1 heterocycles. The summed E-state index contributed by atoms with van der Waals surface area (Å²) < 4.78 is 13.1. The molecule has 8 heteroatoms. The molecule has 0 unspecified atom stereocenters. The van der Waals surface area contributed by atoms with Crippen LogP contribution in [0.3, 0.4) is 0 Å². The van der Waals surface area contributed by atoms with Crippen molar-refractivity contribution in [3.63, 3.8) is 0 Å². The summed E-state index contributed by atoms with van der Waals surface area (Å²) in [6.45, 7) is -0.618. The Hall–Kier alpha value is -2.77. The molecule has 2 atom stereocenters. The third-order valence-corrected chi connectivity index (χ3v) is 5.14. The van der Waals surface area contributed by atoms with Crippen LogP contribution in [0, 0.1) is 17.7 Å². The molecule has 0 aromatic heterocycles. The van der Waals surface area contributed by atoms with Crippen LogP contribution in [0.25, 0.3) is 0 Å². The summed E-state index contributed by atoms with van der Waals surface area (Å²) in [6, 6.07) is 5.42. The van der Waals surface area contributed by atoms with Crippen LogP contribution < -0.4 is 5.32 Å². The Bertz CT molecular complexity index is 758. The topological polar surface area (TPSA) is 86.8 Å². The average molecular weight is 375 g/mol. The molecular weight excluding hydrogens is 353 g/mol. The fraction of sp³-hybridized carbons (Fsp3) is 0.474. The summed E-state index contributed by atoms with van der Waals surface area (Å²) in [5.41, 5.74) is 0.287. The lowest BCUT2D eigenvalue weighted by atomic mass is 9.81.